The van der Waals surface area contributed by atoms with E-state index in [-0.39, 0.29) is 0 Å². The van der Waals surface area contributed by atoms with Crippen LogP contribution in [0.25, 0.3) is 10.7 Å². The van der Waals surface area contributed by atoms with Crippen molar-refractivity contribution >= 4 is 17.3 Å². The van der Waals surface area contributed by atoms with Crippen LogP contribution in [-0.2, 0) is 17.8 Å². The molecule has 0 amide bonds. The first-order valence-electron chi connectivity index (χ1n) is 6.45. The summed E-state index contributed by atoms with van der Waals surface area (Å²) in [6.07, 6.45) is 4.32. The number of nitrogens with zero attached hydrogens (tertiary/aromatic N) is 3. The van der Waals surface area contributed by atoms with Gasteiger partial charge in [-0.15, -0.1) is 11.3 Å². The van der Waals surface area contributed by atoms with Crippen LogP contribution in [0.1, 0.15) is 36.3 Å². The number of aromatic nitrogens is 3. The van der Waals surface area contributed by atoms with Crippen LogP contribution in [-0.4, -0.2) is 25.8 Å². The van der Waals surface area contributed by atoms with Crippen LogP contribution < -0.4 is 0 Å². The normalized spacial score (nSPS) is 18.3. The van der Waals surface area contributed by atoms with E-state index in [1.165, 1.54) is 0 Å². The Bertz CT molecular complexity index is 617. The average molecular weight is 277 g/mol. The number of carboxylic acid groups (broad SMARTS) is 1. The summed E-state index contributed by atoms with van der Waals surface area (Å²) >= 11 is 1.61. The topological polar surface area (TPSA) is 68.0 Å². The van der Waals surface area contributed by atoms with Gasteiger partial charge in [0.2, 0.25) is 0 Å². The molecule has 0 fully saturated rings. The molecule has 0 radical (unpaired) electrons. The van der Waals surface area contributed by atoms with Gasteiger partial charge >= 0.3 is 5.97 Å². The Morgan fingerprint density at radius 3 is 3.21 bits per heavy atom. The summed E-state index contributed by atoms with van der Waals surface area (Å²) in [4.78, 5) is 17.0. The molecule has 0 aliphatic heterocycles. The second-order valence-electron chi connectivity index (χ2n) is 4.64. The van der Waals surface area contributed by atoms with Crippen molar-refractivity contribution in [3.8, 4) is 10.7 Å². The number of aliphatic carboxylic acids is 1. The summed E-state index contributed by atoms with van der Waals surface area (Å²) in [7, 11) is 0. The van der Waals surface area contributed by atoms with Crippen molar-refractivity contribution in [2.45, 2.75) is 38.6 Å². The molecular formula is C13H15N3O2S. The van der Waals surface area contributed by atoms with Crippen molar-refractivity contribution in [2.24, 2.45) is 0 Å². The van der Waals surface area contributed by atoms with Gasteiger partial charge in [0, 0.05) is 17.6 Å². The summed E-state index contributed by atoms with van der Waals surface area (Å²) in [5.74, 6) is -1.20. The zero-order chi connectivity index (χ0) is 13.4. The van der Waals surface area contributed by atoms with E-state index < -0.39 is 11.9 Å². The van der Waals surface area contributed by atoms with Gasteiger partial charge in [0.05, 0.1) is 11.4 Å². The fourth-order valence-electron chi connectivity index (χ4n) is 2.53. The Kier molecular flexibility index (Phi) is 3.10. The van der Waals surface area contributed by atoms with E-state index in [4.69, 9.17) is 0 Å². The van der Waals surface area contributed by atoms with Crippen LogP contribution in [0.2, 0.25) is 0 Å². The van der Waals surface area contributed by atoms with Gasteiger partial charge in [-0.3, -0.25) is 9.48 Å². The minimum atomic E-state index is -0.762. The van der Waals surface area contributed by atoms with Gasteiger partial charge in [0.25, 0.3) is 0 Å². The monoisotopic (exact) mass is 277 g/mol. The molecular weight excluding hydrogens is 262 g/mol. The zero-order valence-corrected chi connectivity index (χ0v) is 11.5. The number of fused-ring (bicyclic) bond motifs is 1. The highest BCUT2D eigenvalue weighted by Crippen LogP contribution is 2.38. The molecule has 0 saturated heterocycles. The minimum absolute atomic E-state index is 0.438. The Morgan fingerprint density at radius 1 is 1.63 bits per heavy atom. The lowest BCUT2D eigenvalue weighted by molar-refractivity contribution is -0.139. The maximum absolute atomic E-state index is 11.3. The lowest BCUT2D eigenvalue weighted by atomic mass is 9.91. The van der Waals surface area contributed by atoms with Gasteiger partial charge in [0.1, 0.15) is 10.9 Å². The Morgan fingerprint density at radius 2 is 2.47 bits per heavy atom. The van der Waals surface area contributed by atoms with E-state index in [2.05, 4.69) is 10.1 Å². The molecule has 100 valence electrons. The van der Waals surface area contributed by atoms with Gasteiger partial charge < -0.3 is 5.11 Å². The molecule has 1 N–H and O–H groups in total. The number of carboxylic acids is 1. The molecule has 1 unspecified atom stereocenters. The third-order valence-electron chi connectivity index (χ3n) is 3.49. The van der Waals surface area contributed by atoms with Crippen LogP contribution in [0.3, 0.4) is 0 Å². The molecule has 0 bridgehead atoms. The van der Waals surface area contributed by atoms with Gasteiger partial charge in [0.15, 0.2) is 0 Å². The number of carbonyl (C=O) groups is 1. The number of thiazole rings is 1. The third kappa shape index (κ3) is 2.06. The smallest absolute Gasteiger partial charge is 0.312 e. The first-order valence-corrected chi connectivity index (χ1v) is 7.27. The van der Waals surface area contributed by atoms with Crippen molar-refractivity contribution in [3.05, 3.63) is 22.8 Å². The fourth-order valence-corrected chi connectivity index (χ4v) is 3.73. The molecule has 1 aliphatic carbocycles. The van der Waals surface area contributed by atoms with Gasteiger partial charge in [-0.1, -0.05) is 0 Å². The van der Waals surface area contributed by atoms with Crippen LogP contribution in [0, 0.1) is 0 Å². The van der Waals surface area contributed by atoms with Crippen molar-refractivity contribution < 1.29 is 9.90 Å². The number of rotatable bonds is 3. The summed E-state index contributed by atoms with van der Waals surface area (Å²) in [6.45, 7) is 2.82. The van der Waals surface area contributed by atoms with E-state index in [9.17, 15) is 9.90 Å². The molecule has 1 atom stereocenters. The SMILES string of the molecule is CCn1nccc1-c1nc2c(s1)CCCC2C(=O)O. The summed E-state index contributed by atoms with van der Waals surface area (Å²) in [5.41, 5.74) is 1.74. The molecule has 2 aromatic rings. The maximum atomic E-state index is 11.3. The predicted molar refractivity (Wildman–Crippen MR) is 72.3 cm³/mol. The Labute approximate surface area is 114 Å². The van der Waals surface area contributed by atoms with Crippen molar-refractivity contribution in [1.29, 1.82) is 0 Å². The second-order valence-corrected chi connectivity index (χ2v) is 5.73. The van der Waals surface area contributed by atoms with Crippen molar-refractivity contribution in [1.82, 2.24) is 14.8 Å². The highest BCUT2D eigenvalue weighted by Gasteiger charge is 2.30. The van der Waals surface area contributed by atoms with E-state index >= 15 is 0 Å². The molecule has 0 aromatic carbocycles. The molecule has 2 aromatic heterocycles. The molecule has 3 rings (SSSR count). The number of aryl methyl sites for hydroxylation is 2. The lowest BCUT2D eigenvalue weighted by Crippen LogP contribution is -2.17. The highest BCUT2D eigenvalue weighted by molar-refractivity contribution is 7.15. The zero-order valence-electron chi connectivity index (χ0n) is 10.7. The summed E-state index contributed by atoms with van der Waals surface area (Å²) in [6, 6.07) is 1.93. The highest BCUT2D eigenvalue weighted by atomic mass is 32.1. The van der Waals surface area contributed by atoms with Gasteiger partial charge in [-0.05, 0) is 32.3 Å². The Hall–Kier alpha value is -1.69. The number of hydrogen-bond acceptors (Lipinski definition) is 4. The van der Waals surface area contributed by atoms with E-state index in [0.29, 0.717) is 6.42 Å². The molecule has 0 saturated carbocycles. The van der Waals surface area contributed by atoms with Crippen LogP contribution in [0.15, 0.2) is 12.3 Å². The van der Waals surface area contributed by atoms with E-state index in [1.807, 2.05) is 17.7 Å². The van der Waals surface area contributed by atoms with Gasteiger partial charge in [-0.2, -0.15) is 5.10 Å². The van der Waals surface area contributed by atoms with Crippen LogP contribution in [0.4, 0.5) is 0 Å². The van der Waals surface area contributed by atoms with E-state index in [1.54, 1.807) is 17.5 Å². The molecule has 2 heterocycles. The standard InChI is InChI=1S/C13H15N3O2S/c1-2-16-9(6-7-14-16)12-15-11-8(13(17)18)4-3-5-10(11)19-12/h6-8H,2-5H2,1H3,(H,17,18). The molecule has 6 heteroatoms. The fraction of sp³-hybridized carbons (Fsp3) is 0.462. The lowest BCUT2D eigenvalue weighted by Gasteiger charge is -2.16. The second kappa shape index (κ2) is 4.77. The quantitative estimate of drug-likeness (QED) is 0.936. The summed E-state index contributed by atoms with van der Waals surface area (Å²) < 4.78 is 1.89. The molecule has 1 aliphatic rings. The summed E-state index contributed by atoms with van der Waals surface area (Å²) in [5, 5.41) is 14.4. The van der Waals surface area contributed by atoms with Crippen LogP contribution >= 0.6 is 11.3 Å². The largest absolute Gasteiger partial charge is 0.481 e. The maximum Gasteiger partial charge on any atom is 0.312 e. The first-order chi connectivity index (χ1) is 9.20. The third-order valence-corrected chi connectivity index (χ3v) is 4.64. The van der Waals surface area contributed by atoms with Gasteiger partial charge in [-0.25, -0.2) is 4.98 Å². The van der Waals surface area contributed by atoms with Crippen LogP contribution in [0.5, 0.6) is 0 Å². The van der Waals surface area contributed by atoms with Crippen molar-refractivity contribution in [3.63, 3.8) is 0 Å². The first kappa shape index (κ1) is 12.3. The number of hydrogen-bond donors (Lipinski definition) is 1. The molecule has 19 heavy (non-hydrogen) atoms. The minimum Gasteiger partial charge on any atom is -0.481 e. The Balaban J connectivity index is 2.04. The van der Waals surface area contributed by atoms with E-state index in [0.717, 1.165) is 40.7 Å². The predicted octanol–water partition coefficient (Wildman–Crippen LogP) is 2.53. The average Bonchev–Trinajstić information content (AvgIpc) is 3.03. The molecule has 0 spiro atoms. The molecule has 5 nitrogen and oxygen atoms in total. The van der Waals surface area contributed by atoms with Crippen molar-refractivity contribution in [2.75, 3.05) is 0 Å².